The first-order valence-corrected chi connectivity index (χ1v) is 8.73. The normalized spacial score (nSPS) is 18.9. The zero-order valence-electron chi connectivity index (χ0n) is 14.2. The van der Waals surface area contributed by atoms with Crippen LogP contribution in [0.2, 0.25) is 5.02 Å². The molecule has 0 aromatic heterocycles. The Morgan fingerprint density at radius 3 is 2.41 bits per heavy atom. The van der Waals surface area contributed by atoms with Gasteiger partial charge in [0.15, 0.2) is 0 Å². The molecule has 1 aliphatic heterocycles. The van der Waals surface area contributed by atoms with Gasteiger partial charge in [-0.15, -0.1) is 0 Å². The summed E-state index contributed by atoms with van der Waals surface area (Å²) in [6, 6.07) is 10.8. The van der Waals surface area contributed by atoms with Crippen LogP contribution >= 0.6 is 11.6 Å². The number of hydrogen-bond acceptors (Lipinski definition) is 4. The first-order chi connectivity index (χ1) is 13.0. The van der Waals surface area contributed by atoms with E-state index in [-0.39, 0.29) is 30.7 Å². The molecule has 0 spiro atoms. The monoisotopic (exact) mass is 389 g/mol. The van der Waals surface area contributed by atoms with Crippen LogP contribution in [-0.2, 0) is 9.59 Å². The molecule has 1 amide bonds. The van der Waals surface area contributed by atoms with Gasteiger partial charge in [0.2, 0.25) is 0 Å². The van der Waals surface area contributed by atoms with Crippen LogP contribution in [0.15, 0.2) is 54.1 Å². The van der Waals surface area contributed by atoms with E-state index in [1.165, 1.54) is 47.4 Å². The van der Waals surface area contributed by atoms with Crippen LogP contribution in [0.3, 0.4) is 0 Å². The van der Waals surface area contributed by atoms with Crippen LogP contribution in [0.5, 0.6) is 0 Å². The number of likely N-dealkylation sites (tertiary alicyclic amines) is 1. The molecular weight excluding hydrogens is 373 g/mol. The van der Waals surface area contributed by atoms with Crippen molar-refractivity contribution in [1.29, 1.82) is 0 Å². The number of nitrogens with zero attached hydrogens (tertiary/aromatic N) is 1. The van der Waals surface area contributed by atoms with E-state index in [0.717, 1.165) is 0 Å². The Morgan fingerprint density at radius 2 is 1.78 bits per heavy atom. The Labute approximate surface area is 160 Å². The van der Waals surface area contributed by atoms with Crippen molar-refractivity contribution >= 4 is 29.1 Å². The molecule has 1 aliphatic rings. The van der Waals surface area contributed by atoms with Gasteiger partial charge < -0.3 is 15.1 Å². The van der Waals surface area contributed by atoms with Crippen LogP contribution in [0.4, 0.5) is 4.39 Å². The van der Waals surface area contributed by atoms with Crippen molar-refractivity contribution in [3.63, 3.8) is 0 Å². The predicted molar refractivity (Wildman–Crippen MR) is 98.6 cm³/mol. The van der Waals surface area contributed by atoms with Crippen LogP contribution < -0.4 is 0 Å². The van der Waals surface area contributed by atoms with E-state index in [2.05, 4.69) is 0 Å². The fourth-order valence-electron chi connectivity index (χ4n) is 3.14. The second-order valence-corrected chi connectivity index (χ2v) is 6.53. The smallest absolute Gasteiger partial charge is 0.295 e. The molecule has 140 valence electrons. The molecule has 27 heavy (non-hydrogen) atoms. The third-order valence-electron chi connectivity index (χ3n) is 4.41. The molecule has 0 radical (unpaired) electrons. The fourth-order valence-corrected chi connectivity index (χ4v) is 3.26. The Morgan fingerprint density at radius 1 is 1.11 bits per heavy atom. The molecule has 0 unspecified atom stereocenters. The molecule has 2 aromatic rings. The SMILES string of the molecule is O=C1C(=O)N(CCCO)[C@@H](c2ccccc2F)C1=C(O)c1ccc(Cl)cc1. The molecule has 1 atom stereocenters. The molecule has 2 aromatic carbocycles. The first kappa shape index (κ1) is 19.1. The van der Waals surface area contributed by atoms with Gasteiger partial charge in [0.25, 0.3) is 11.7 Å². The summed E-state index contributed by atoms with van der Waals surface area (Å²) in [4.78, 5) is 26.3. The lowest BCUT2D eigenvalue weighted by Gasteiger charge is -2.25. The van der Waals surface area contributed by atoms with Crippen LogP contribution in [0, 0.1) is 5.82 Å². The van der Waals surface area contributed by atoms with Gasteiger partial charge >= 0.3 is 0 Å². The second-order valence-electron chi connectivity index (χ2n) is 6.10. The molecule has 0 bridgehead atoms. The zero-order chi connectivity index (χ0) is 19.6. The Balaban J connectivity index is 2.18. The highest BCUT2D eigenvalue weighted by molar-refractivity contribution is 6.46. The minimum Gasteiger partial charge on any atom is -0.507 e. The van der Waals surface area contributed by atoms with Gasteiger partial charge in [0, 0.05) is 29.3 Å². The van der Waals surface area contributed by atoms with Crippen molar-refractivity contribution < 1.29 is 24.2 Å². The van der Waals surface area contributed by atoms with Gasteiger partial charge in [-0.2, -0.15) is 0 Å². The van der Waals surface area contributed by atoms with E-state index in [9.17, 15) is 19.1 Å². The zero-order valence-corrected chi connectivity index (χ0v) is 15.0. The van der Waals surface area contributed by atoms with Crippen molar-refractivity contribution in [3.8, 4) is 0 Å². The van der Waals surface area contributed by atoms with E-state index in [4.69, 9.17) is 16.7 Å². The van der Waals surface area contributed by atoms with E-state index in [1.807, 2.05) is 0 Å². The molecule has 1 fully saturated rings. The average molecular weight is 390 g/mol. The number of rotatable bonds is 5. The summed E-state index contributed by atoms with van der Waals surface area (Å²) < 4.78 is 14.5. The highest BCUT2D eigenvalue weighted by Gasteiger charge is 2.46. The molecule has 7 heteroatoms. The topological polar surface area (TPSA) is 77.8 Å². The summed E-state index contributed by atoms with van der Waals surface area (Å²) in [5.41, 5.74) is 0.205. The highest BCUT2D eigenvalue weighted by atomic mass is 35.5. The van der Waals surface area contributed by atoms with Gasteiger partial charge in [-0.05, 0) is 36.8 Å². The maximum atomic E-state index is 14.5. The Bertz CT molecular complexity index is 910. The molecular formula is C20H17ClFNO4. The molecule has 2 N–H and O–H groups in total. The molecule has 1 heterocycles. The van der Waals surface area contributed by atoms with Crippen molar-refractivity contribution in [1.82, 2.24) is 4.90 Å². The number of halogens is 2. The van der Waals surface area contributed by atoms with Gasteiger partial charge in [-0.3, -0.25) is 9.59 Å². The number of hydrogen-bond donors (Lipinski definition) is 2. The number of carbonyl (C=O) groups excluding carboxylic acids is 2. The summed E-state index contributed by atoms with van der Waals surface area (Å²) in [5, 5.41) is 20.3. The highest BCUT2D eigenvalue weighted by Crippen LogP contribution is 2.40. The lowest BCUT2D eigenvalue weighted by Crippen LogP contribution is -2.31. The molecule has 5 nitrogen and oxygen atoms in total. The number of ketones is 1. The summed E-state index contributed by atoms with van der Waals surface area (Å²) in [5.74, 6) is -2.73. The quantitative estimate of drug-likeness (QED) is 0.467. The minimum absolute atomic E-state index is 0.0530. The number of benzene rings is 2. The molecule has 3 rings (SSSR count). The molecule has 0 aliphatic carbocycles. The standard InChI is InChI=1S/C20H17ClFNO4/c21-13-8-6-12(7-9-13)18(25)16-17(14-4-1-2-5-15(14)22)23(10-3-11-24)20(27)19(16)26/h1-2,4-9,17,24-25H,3,10-11H2/t17-/m0/s1. The van der Waals surface area contributed by atoms with E-state index in [1.54, 1.807) is 6.07 Å². The van der Waals surface area contributed by atoms with Crippen LogP contribution in [-0.4, -0.2) is 40.0 Å². The fraction of sp³-hybridized carbons (Fsp3) is 0.200. The van der Waals surface area contributed by atoms with Crippen molar-refractivity contribution in [2.75, 3.05) is 13.2 Å². The second kappa shape index (κ2) is 7.90. The predicted octanol–water partition coefficient (Wildman–Crippen LogP) is 3.28. The van der Waals surface area contributed by atoms with Crippen molar-refractivity contribution in [2.45, 2.75) is 12.5 Å². The number of Topliss-reactive ketones (excluding diaryl/α,β-unsaturated/α-hetero) is 1. The number of carbonyl (C=O) groups is 2. The lowest BCUT2D eigenvalue weighted by atomic mass is 9.95. The van der Waals surface area contributed by atoms with Gasteiger partial charge in [-0.25, -0.2) is 4.39 Å². The van der Waals surface area contributed by atoms with E-state index < -0.39 is 29.3 Å². The van der Waals surface area contributed by atoms with Gasteiger partial charge in [0.05, 0.1) is 11.6 Å². The summed E-state index contributed by atoms with van der Waals surface area (Å²) in [6.45, 7) is -0.137. The third-order valence-corrected chi connectivity index (χ3v) is 4.67. The average Bonchev–Trinajstić information content (AvgIpc) is 2.91. The maximum Gasteiger partial charge on any atom is 0.295 e. The Kier molecular flexibility index (Phi) is 5.58. The van der Waals surface area contributed by atoms with Gasteiger partial charge in [-0.1, -0.05) is 29.8 Å². The van der Waals surface area contributed by atoms with Gasteiger partial charge in [0.1, 0.15) is 11.6 Å². The Hall–Kier alpha value is -2.70. The molecule has 1 saturated heterocycles. The van der Waals surface area contributed by atoms with E-state index >= 15 is 0 Å². The van der Waals surface area contributed by atoms with E-state index in [0.29, 0.717) is 10.6 Å². The molecule has 0 saturated carbocycles. The van der Waals surface area contributed by atoms with Crippen molar-refractivity contribution in [3.05, 3.63) is 76.1 Å². The minimum atomic E-state index is -1.08. The summed E-state index contributed by atoms with van der Waals surface area (Å²) in [6.07, 6.45) is 0.221. The third kappa shape index (κ3) is 3.59. The lowest BCUT2D eigenvalue weighted by molar-refractivity contribution is -0.140. The van der Waals surface area contributed by atoms with Crippen molar-refractivity contribution in [2.24, 2.45) is 0 Å². The first-order valence-electron chi connectivity index (χ1n) is 8.35. The number of aliphatic hydroxyl groups is 2. The maximum absolute atomic E-state index is 14.5. The van der Waals surface area contributed by atoms with Crippen LogP contribution in [0.1, 0.15) is 23.6 Å². The number of amides is 1. The number of aliphatic hydroxyl groups excluding tert-OH is 2. The summed E-state index contributed by atoms with van der Waals surface area (Å²) >= 11 is 5.85. The summed E-state index contributed by atoms with van der Waals surface area (Å²) in [7, 11) is 0. The largest absolute Gasteiger partial charge is 0.507 e. The van der Waals surface area contributed by atoms with Crippen LogP contribution in [0.25, 0.3) is 5.76 Å².